The molecule has 2 aromatic rings. The summed E-state index contributed by atoms with van der Waals surface area (Å²) in [5.74, 6) is -0.767. The lowest BCUT2D eigenvalue weighted by Crippen LogP contribution is -2.21. The van der Waals surface area contributed by atoms with Gasteiger partial charge in [-0.2, -0.15) is 0 Å². The maximum absolute atomic E-state index is 12.1. The van der Waals surface area contributed by atoms with Crippen LogP contribution >= 0.6 is 11.6 Å². The van der Waals surface area contributed by atoms with Gasteiger partial charge in [0, 0.05) is 10.7 Å². The predicted octanol–water partition coefficient (Wildman–Crippen LogP) is 3.76. The molecule has 24 heavy (non-hydrogen) atoms. The molecular formula is C18H18ClNO4. The van der Waals surface area contributed by atoms with Gasteiger partial charge in [0.2, 0.25) is 0 Å². The van der Waals surface area contributed by atoms with E-state index in [1.54, 1.807) is 18.2 Å². The molecule has 0 heterocycles. The first-order chi connectivity index (χ1) is 11.4. The third kappa shape index (κ3) is 4.49. The Balaban J connectivity index is 1.97. The van der Waals surface area contributed by atoms with Crippen LogP contribution in [0.5, 0.6) is 5.75 Å². The van der Waals surface area contributed by atoms with E-state index in [-0.39, 0.29) is 5.56 Å². The smallest absolute Gasteiger partial charge is 0.342 e. The number of carbonyl (C=O) groups is 2. The molecule has 5 nitrogen and oxygen atoms in total. The third-order valence-electron chi connectivity index (χ3n) is 3.51. The van der Waals surface area contributed by atoms with Gasteiger partial charge < -0.3 is 14.8 Å². The number of methoxy groups -OCH3 is 1. The molecule has 2 rings (SSSR count). The minimum atomic E-state index is -0.676. The number of ether oxygens (including phenoxy) is 2. The number of anilines is 1. The summed E-state index contributed by atoms with van der Waals surface area (Å²) in [5, 5.41) is 3.06. The molecule has 0 radical (unpaired) electrons. The molecule has 1 amide bonds. The molecule has 2 aromatic carbocycles. The fourth-order valence-electron chi connectivity index (χ4n) is 2.06. The van der Waals surface area contributed by atoms with E-state index in [1.807, 2.05) is 26.0 Å². The Bertz CT molecular complexity index is 774. The van der Waals surface area contributed by atoms with Crippen molar-refractivity contribution < 1.29 is 19.1 Å². The van der Waals surface area contributed by atoms with Crippen LogP contribution < -0.4 is 10.1 Å². The summed E-state index contributed by atoms with van der Waals surface area (Å²) in [6, 6.07) is 10.2. The highest BCUT2D eigenvalue weighted by molar-refractivity contribution is 6.31. The van der Waals surface area contributed by atoms with E-state index in [1.165, 1.54) is 13.2 Å². The van der Waals surface area contributed by atoms with Crippen molar-refractivity contribution in [1.29, 1.82) is 0 Å². The molecule has 126 valence electrons. The average Bonchev–Trinajstić information content (AvgIpc) is 2.56. The van der Waals surface area contributed by atoms with Crippen molar-refractivity contribution in [2.24, 2.45) is 0 Å². The molecule has 0 aliphatic carbocycles. The second-order valence-electron chi connectivity index (χ2n) is 5.27. The minimum absolute atomic E-state index is 0.170. The number of benzene rings is 2. The Morgan fingerprint density at radius 2 is 1.83 bits per heavy atom. The summed E-state index contributed by atoms with van der Waals surface area (Å²) in [5.41, 5.74) is 3.02. The number of rotatable bonds is 5. The second-order valence-corrected chi connectivity index (χ2v) is 5.70. The first-order valence-electron chi connectivity index (χ1n) is 7.28. The van der Waals surface area contributed by atoms with Gasteiger partial charge in [-0.05, 0) is 55.3 Å². The molecule has 0 aromatic heterocycles. The standard InChI is InChI=1S/C18H18ClNO4/c1-11-4-6-14(8-12(11)2)20-17(21)10-24-18(22)15-9-13(19)5-7-16(15)23-3/h4-9H,10H2,1-3H3,(H,20,21). The molecule has 1 N–H and O–H groups in total. The molecule has 0 bridgehead atoms. The van der Waals surface area contributed by atoms with E-state index in [4.69, 9.17) is 21.1 Å². The van der Waals surface area contributed by atoms with Crippen molar-refractivity contribution in [2.75, 3.05) is 19.0 Å². The number of amides is 1. The van der Waals surface area contributed by atoms with E-state index in [0.29, 0.717) is 16.5 Å². The van der Waals surface area contributed by atoms with Crippen LogP contribution in [-0.2, 0) is 9.53 Å². The van der Waals surface area contributed by atoms with Gasteiger partial charge in [0.15, 0.2) is 6.61 Å². The summed E-state index contributed by atoms with van der Waals surface area (Å²) in [4.78, 5) is 24.0. The van der Waals surface area contributed by atoms with Crippen molar-refractivity contribution in [2.45, 2.75) is 13.8 Å². The quantitative estimate of drug-likeness (QED) is 0.836. The molecule has 0 atom stereocenters. The van der Waals surface area contributed by atoms with Crippen molar-refractivity contribution in [3.63, 3.8) is 0 Å². The maximum atomic E-state index is 12.1. The highest BCUT2D eigenvalue weighted by Gasteiger charge is 2.16. The Morgan fingerprint density at radius 3 is 2.50 bits per heavy atom. The SMILES string of the molecule is COc1ccc(Cl)cc1C(=O)OCC(=O)Nc1ccc(C)c(C)c1. The van der Waals surface area contributed by atoms with Gasteiger partial charge in [-0.15, -0.1) is 0 Å². The van der Waals surface area contributed by atoms with E-state index < -0.39 is 18.5 Å². The van der Waals surface area contributed by atoms with Gasteiger partial charge >= 0.3 is 5.97 Å². The van der Waals surface area contributed by atoms with Crippen molar-refractivity contribution in [3.8, 4) is 5.75 Å². The number of aryl methyl sites for hydroxylation is 2. The van der Waals surface area contributed by atoms with E-state index in [2.05, 4.69) is 5.32 Å². The van der Waals surface area contributed by atoms with E-state index in [9.17, 15) is 9.59 Å². The molecule has 6 heteroatoms. The number of carbonyl (C=O) groups excluding carboxylic acids is 2. The zero-order valence-electron chi connectivity index (χ0n) is 13.7. The average molecular weight is 348 g/mol. The predicted molar refractivity (Wildman–Crippen MR) is 92.8 cm³/mol. The van der Waals surface area contributed by atoms with E-state index >= 15 is 0 Å². The molecule has 0 aliphatic heterocycles. The van der Waals surface area contributed by atoms with Crippen LogP contribution in [-0.4, -0.2) is 25.6 Å². The Morgan fingerprint density at radius 1 is 1.08 bits per heavy atom. The van der Waals surface area contributed by atoms with Gasteiger partial charge in [0.05, 0.1) is 7.11 Å². The number of hydrogen-bond donors (Lipinski definition) is 1. The van der Waals surface area contributed by atoms with Gasteiger partial charge in [0.1, 0.15) is 11.3 Å². The minimum Gasteiger partial charge on any atom is -0.496 e. The number of nitrogens with one attached hydrogen (secondary N) is 1. The second kappa shape index (κ2) is 7.84. The summed E-state index contributed by atoms with van der Waals surface area (Å²) >= 11 is 5.87. The van der Waals surface area contributed by atoms with Gasteiger partial charge in [-0.1, -0.05) is 17.7 Å². The van der Waals surface area contributed by atoms with Crippen molar-refractivity contribution in [1.82, 2.24) is 0 Å². The Hall–Kier alpha value is -2.53. The first-order valence-corrected chi connectivity index (χ1v) is 7.66. The number of hydrogen-bond acceptors (Lipinski definition) is 4. The van der Waals surface area contributed by atoms with Gasteiger partial charge in [-0.25, -0.2) is 4.79 Å². The largest absolute Gasteiger partial charge is 0.496 e. The van der Waals surface area contributed by atoms with Crippen LogP contribution in [0.3, 0.4) is 0 Å². The molecular weight excluding hydrogens is 330 g/mol. The van der Waals surface area contributed by atoms with Crippen LogP contribution in [0.4, 0.5) is 5.69 Å². The summed E-state index contributed by atoms with van der Waals surface area (Å²) < 4.78 is 10.1. The Labute approximate surface area is 145 Å². The molecule has 0 spiro atoms. The summed E-state index contributed by atoms with van der Waals surface area (Å²) in [6.45, 7) is 3.54. The van der Waals surface area contributed by atoms with Crippen LogP contribution in [0, 0.1) is 13.8 Å². The zero-order chi connectivity index (χ0) is 17.7. The number of halogens is 1. The summed E-state index contributed by atoms with van der Waals surface area (Å²) in [6.07, 6.45) is 0. The maximum Gasteiger partial charge on any atom is 0.342 e. The van der Waals surface area contributed by atoms with Crippen LogP contribution in [0.1, 0.15) is 21.5 Å². The van der Waals surface area contributed by atoms with Crippen LogP contribution in [0.15, 0.2) is 36.4 Å². The normalized spacial score (nSPS) is 10.2. The van der Waals surface area contributed by atoms with Gasteiger partial charge in [0.25, 0.3) is 5.91 Å². The first kappa shape index (κ1) is 17.8. The fraction of sp³-hybridized carbons (Fsp3) is 0.222. The van der Waals surface area contributed by atoms with Crippen molar-refractivity contribution >= 4 is 29.2 Å². The lowest BCUT2D eigenvalue weighted by Gasteiger charge is -2.10. The monoisotopic (exact) mass is 347 g/mol. The molecule has 0 fully saturated rings. The molecule has 0 aliphatic rings. The molecule has 0 saturated heterocycles. The molecule has 0 saturated carbocycles. The van der Waals surface area contributed by atoms with Crippen molar-refractivity contribution in [3.05, 3.63) is 58.1 Å². The fourth-order valence-corrected chi connectivity index (χ4v) is 2.24. The van der Waals surface area contributed by atoms with E-state index in [0.717, 1.165) is 11.1 Å². The third-order valence-corrected chi connectivity index (χ3v) is 3.74. The van der Waals surface area contributed by atoms with Gasteiger partial charge in [-0.3, -0.25) is 4.79 Å². The lowest BCUT2D eigenvalue weighted by molar-refractivity contribution is -0.119. The molecule has 0 unspecified atom stereocenters. The van der Waals surface area contributed by atoms with Crippen LogP contribution in [0.25, 0.3) is 0 Å². The highest BCUT2D eigenvalue weighted by atomic mass is 35.5. The van der Waals surface area contributed by atoms with Crippen LogP contribution in [0.2, 0.25) is 5.02 Å². The number of esters is 1. The highest BCUT2D eigenvalue weighted by Crippen LogP contribution is 2.23. The zero-order valence-corrected chi connectivity index (χ0v) is 14.4. The Kier molecular flexibility index (Phi) is 5.82. The topological polar surface area (TPSA) is 64.6 Å². The summed E-state index contributed by atoms with van der Waals surface area (Å²) in [7, 11) is 1.44. The lowest BCUT2D eigenvalue weighted by atomic mass is 10.1.